The summed E-state index contributed by atoms with van der Waals surface area (Å²) in [5.74, 6) is -0.291. The van der Waals surface area contributed by atoms with Crippen LogP contribution in [-0.2, 0) is 9.59 Å². The minimum absolute atomic E-state index is 0.137. The highest BCUT2D eigenvalue weighted by molar-refractivity contribution is 6.22. The van der Waals surface area contributed by atoms with Gasteiger partial charge in [0.25, 0.3) is 5.91 Å². The fourth-order valence-corrected chi connectivity index (χ4v) is 1.89. The summed E-state index contributed by atoms with van der Waals surface area (Å²) in [6.07, 6.45) is 0.252. The van der Waals surface area contributed by atoms with E-state index >= 15 is 0 Å². The van der Waals surface area contributed by atoms with Gasteiger partial charge in [0.2, 0.25) is 5.91 Å². The summed E-state index contributed by atoms with van der Waals surface area (Å²) in [4.78, 5) is 24.9. The summed E-state index contributed by atoms with van der Waals surface area (Å²) >= 11 is 0. The lowest BCUT2D eigenvalue weighted by Crippen LogP contribution is -2.38. The molecule has 0 spiro atoms. The Morgan fingerprint density at radius 1 is 1.31 bits per heavy atom. The van der Waals surface area contributed by atoms with Crippen LogP contribution in [-0.4, -0.2) is 24.4 Å². The molecule has 0 aliphatic carbocycles. The van der Waals surface area contributed by atoms with Crippen molar-refractivity contribution >= 4 is 17.5 Å². The van der Waals surface area contributed by atoms with Crippen LogP contribution >= 0.6 is 0 Å². The van der Waals surface area contributed by atoms with E-state index in [9.17, 15) is 9.59 Å². The first kappa shape index (κ1) is 10.8. The molecule has 2 rings (SSSR count). The largest absolute Gasteiger partial charge is 0.306 e. The van der Waals surface area contributed by atoms with Gasteiger partial charge in [0, 0.05) is 0 Å². The Hall–Kier alpha value is -1.68. The number of imide groups is 1. The number of benzene rings is 1. The average Bonchev–Trinajstić information content (AvgIpc) is 2.56. The predicted octanol–water partition coefficient (Wildman–Crippen LogP) is 0.928. The maximum atomic E-state index is 11.9. The molecule has 84 valence electrons. The lowest BCUT2D eigenvalue weighted by atomic mass is 10.2. The van der Waals surface area contributed by atoms with E-state index in [1.165, 1.54) is 4.90 Å². The second-order valence-corrected chi connectivity index (χ2v) is 3.72. The number of nitrogens with one attached hydrogen (secondary N) is 1. The van der Waals surface area contributed by atoms with Crippen molar-refractivity contribution in [1.82, 2.24) is 5.32 Å². The van der Waals surface area contributed by atoms with Crippen LogP contribution in [0, 0.1) is 0 Å². The third kappa shape index (κ3) is 1.84. The fourth-order valence-electron chi connectivity index (χ4n) is 1.89. The molecule has 1 atom stereocenters. The third-order valence-electron chi connectivity index (χ3n) is 2.61. The molecule has 1 aliphatic heterocycles. The summed E-state index contributed by atoms with van der Waals surface area (Å²) in [7, 11) is 0. The SMILES string of the molecule is CCN[C@@H]1CC(=O)N(c2ccccc2)C1=O. The molecule has 0 unspecified atom stereocenters. The number of hydrogen-bond acceptors (Lipinski definition) is 3. The van der Waals surface area contributed by atoms with E-state index in [4.69, 9.17) is 0 Å². The molecule has 2 amide bonds. The lowest BCUT2D eigenvalue weighted by Gasteiger charge is -2.14. The Bertz CT molecular complexity index is 403. The lowest BCUT2D eigenvalue weighted by molar-refractivity contribution is -0.121. The van der Waals surface area contributed by atoms with Crippen LogP contribution in [0.4, 0.5) is 5.69 Å². The van der Waals surface area contributed by atoms with Crippen molar-refractivity contribution in [3.05, 3.63) is 30.3 Å². The molecule has 1 aromatic rings. The second kappa shape index (κ2) is 4.45. The number of hydrogen-bond donors (Lipinski definition) is 1. The molecular formula is C12H14N2O2. The highest BCUT2D eigenvalue weighted by Crippen LogP contribution is 2.22. The Morgan fingerprint density at radius 3 is 2.62 bits per heavy atom. The molecule has 1 aromatic carbocycles. The van der Waals surface area contributed by atoms with E-state index < -0.39 is 0 Å². The zero-order valence-electron chi connectivity index (χ0n) is 9.14. The zero-order chi connectivity index (χ0) is 11.5. The Balaban J connectivity index is 2.23. The zero-order valence-corrected chi connectivity index (χ0v) is 9.14. The van der Waals surface area contributed by atoms with Gasteiger partial charge in [0.15, 0.2) is 0 Å². The number of nitrogens with zero attached hydrogens (tertiary/aromatic N) is 1. The second-order valence-electron chi connectivity index (χ2n) is 3.72. The Morgan fingerprint density at radius 2 is 2.00 bits per heavy atom. The highest BCUT2D eigenvalue weighted by Gasteiger charge is 2.38. The van der Waals surface area contributed by atoms with E-state index in [0.717, 1.165) is 0 Å². The summed E-state index contributed by atoms with van der Waals surface area (Å²) in [6.45, 7) is 2.61. The standard InChI is InChI=1S/C12H14N2O2/c1-2-13-10-8-11(15)14(12(10)16)9-6-4-3-5-7-9/h3-7,10,13H,2,8H2,1H3/t10-/m1/s1. The molecule has 0 bridgehead atoms. The molecule has 1 fully saturated rings. The van der Waals surface area contributed by atoms with Crippen molar-refractivity contribution < 1.29 is 9.59 Å². The molecule has 0 saturated carbocycles. The number of carbonyl (C=O) groups excluding carboxylic acids is 2. The number of likely N-dealkylation sites (N-methyl/N-ethyl adjacent to an activating group) is 1. The minimum Gasteiger partial charge on any atom is -0.306 e. The normalized spacial score (nSPS) is 20.6. The smallest absolute Gasteiger partial charge is 0.251 e. The maximum Gasteiger partial charge on any atom is 0.251 e. The number of rotatable bonds is 3. The van der Waals surface area contributed by atoms with E-state index in [0.29, 0.717) is 12.2 Å². The number of anilines is 1. The first-order valence-electron chi connectivity index (χ1n) is 5.39. The van der Waals surface area contributed by atoms with Gasteiger partial charge in [-0.25, -0.2) is 4.90 Å². The third-order valence-corrected chi connectivity index (χ3v) is 2.61. The topological polar surface area (TPSA) is 49.4 Å². The fraction of sp³-hybridized carbons (Fsp3) is 0.333. The van der Waals surface area contributed by atoms with Gasteiger partial charge in [-0.3, -0.25) is 9.59 Å². The molecular weight excluding hydrogens is 204 g/mol. The molecule has 16 heavy (non-hydrogen) atoms. The first-order valence-corrected chi connectivity index (χ1v) is 5.39. The van der Waals surface area contributed by atoms with Crippen molar-refractivity contribution in [2.24, 2.45) is 0 Å². The summed E-state index contributed by atoms with van der Waals surface area (Å²) in [5, 5.41) is 3.01. The van der Waals surface area contributed by atoms with Gasteiger partial charge in [0.1, 0.15) is 0 Å². The monoisotopic (exact) mass is 218 g/mol. The molecule has 4 heteroatoms. The van der Waals surface area contributed by atoms with Crippen molar-refractivity contribution in [2.45, 2.75) is 19.4 Å². The molecule has 1 heterocycles. The summed E-state index contributed by atoms with van der Waals surface area (Å²) in [6, 6.07) is 8.66. The predicted molar refractivity (Wildman–Crippen MR) is 61.0 cm³/mol. The Kier molecular flexibility index (Phi) is 3.01. The Labute approximate surface area is 94.2 Å². The van der Waals surface area contributed by atoms with Crippen LogP contribution in [0.5, 0.6) is 0 Å². The van der Waals surface area contributed by atoms with Gasteiger partial charge in [-0.05, 0) is 18.7 Å². The van der Waals surface area contributed by atoms with E-state index in [-0.39, 0.29) is 24.3 Å². The van der Waals surface area contributed by atoms with Gasteiger partial charge in [-0.2, -0.15) is 0 Å². The molecule has 0 radical (unpaired) electrons. The maximum absolute atomic E-state index is 11.9. The summed E-state index contributed by atoms with van der Waals surface area (Å²) < 4.78 is 0. The van der Waals surface area contributed by atoms with Crippen LogP contribution < -0.4 is 10.2 Å². The molecule has 1 N–H and O–H groups in total. The minimum atomic E-state index is -0.363. The molecule has 1 aliphatic rings. The van der Waals surface area contributed by atoms with Gasteiger partial charge in [-0.1, -0.05) is 25.1 Å². The van der Waals surface area contributed by atoms with Gasteiger partial charge in [0.05, 0.1) is 18.2 Å². The first-order chi connectivity index (χ1) is 7.74. The summed E-state index contributed by atoms with van der Waals surface area (Å²) in [5.41, 5.74) is 0.651. The van der Waals surface area contributed by atoms with Crippen molar-refractivity contribution in [3.63, 3.8) is 0 Å². The van der Waals surface area contributed by atoms with E-state index in [1.54, 1.807) is 12.1 Å². The number of para-hydroxylation sites is 1. The van der Waals surface area contributed by atoms with Gasteiger partial charge in [-0.15, -0.1) is 0 Å². The van der Waals surface area contributed by atoms with Crippen LogP contribution in [0.3, 0.4) is 0 Å². The molecule has 1 saturated heterocycles. The highest BCUT2D eigenvalue weighted by atomic mass is 16.2. The van der Waals surface area contributed by atoms with Crippen LogP contribution in [0.25, 0.3) is 0 Å². The van der Waals surface area contributed by atoms with E-state index in [1.807, 2.05) is 25.1 Å². The molecule has 0 aromatic heterocycles. The number of amides is 2. The van der Waals surface area contributed by atoms with Gasteiger partial charge < -0.3 is 5.32 Å². The van der Waals surface area contributed by atoms with Gasteiger partial charge >= 0.3 is 0 Å². The van der Waals surface area contributed by atoms with Crippen LogP contribution in [0.2, 0.25) is 0 Å². The average molecular weight is 218 g/mol. The van der Waals surface area contributed by atoms with Crippen molar-refractivity contribution in [2.75, 3.05) is 11.4 Å². The number of carbonyl (C=O) groups is 2. The molecule has 4 nitrogen and oxygen atoms in total. The van der Waals surface area contributed by atoms with Crippen LogP contribution in [0.1, 0.15) is 13.3 Å². The van der Waals surface area contributed by atoms with Crippen LogP contribution in [0.15, 0.2) is 30.3 Å². The quantitative estimate of drug-likeness (QED) is 0.768. The van der Waals surface area contributed by atoms with E-state index in [2.05, 4.69) is 5.32 Å². The van der Waals surface area contributed by atoms with Crippen molar-refractivity contribution in [1.29, 1.82) is 0 Å². The van der Waals surface area contributed by atoms with Crippen molar-refractivity contribution in [3.8, 4) is 0 Å².